The van der Waals surface area contributed by atoms with Gasteiger partial charge in [0, 0.05) is 50.3 Å². The molecule has 0 unspecified atom stereocenters. The zero-order valence-electron chi connectivity index (χ0n) is 12.8. The second-order valence-corrected chi connectivity index (χ2v) is 3.98. The van der Waals surface area contributed by atoms with Crippen LogP contribution in [0.5, 0.6) is 0 Å². The van der Waals surface area contributed by atoms with Crippen molar-refractivity contribution in [2.75, 3.05) is 13.1 Å². The Kier molecular flexibility index (Phi) is 17.4. The quantitative estimate of drug-likeness (QED) is 0.342. The number of aliphatic carboxylic acids is 2. The van der Waals surface area contributed by atoms with E-state index in [1.807, 2.05) is 24.3 Å². The molecule has 0 radical (unpaired) electrons. The number of aliphatic imine (C=N–C) groups is 2. The topological polar surface area (TPSA) is 105 Å². The number of hydrogen-bond donors (Lipinski definition) is 0. The van der Waals surface area contributed by atoms with Crippen LogP contribution in [0, 0.1) is 0 Å². The van der Waals surface area contributed by atoms with Gasteiger partial charge < -0.3 is 19.8 Å². The van der Waals surface area contributed by atoms with Crippen molar-refractivity contribution in [1.29, 1.82) is 0 Å². The van der Waals surface area contributed by atoms with Gasteiger partial charge in [0.2, 0.25) is 0 Å². The molecule has 1 aromatic rings. The molecule has 6 nitrogen and oxygen atoms in total. The Bertz CT molecular complexity index is 469. The van der Waals surface area contributed by atoms with Gasteiger partial charge >= 0.3 is 103 Å². The van der Waals surface area contributed by atoms with Crippen LogP contribution < -0.4 is 113 Å². The number of benzene rings is 1. The molecule has 8 heteroatoms. The zero-order valence-corrected chi connectivity index (χ0v) is 19.1. The first-order valence-electron chi connectivity index (χ1n) is 6.07. The number of carboxylic acids is 2. The summed E-state index contributed by atoms with van der Waals surface area (Å²) in [7, 11) is 0. The standard InChI is InChI=1S/C14H16N2O4.2K/c17-13(18)5-7-15-9-11-1-2-12(4-3-11)10-16-8-6-14(19)20;;/h1-4,9-10H,5-8H2,(H,17,18)(H,19,20);;/q;2*+1/p-2. The summed E-state index contributed by atoms with van der Waals surface area (Å²) in [6, 6.07) is 7.23. The molecule has 0 bridgehead atoms. The average Bonchev–Trinajstić information content (AvgIpc) is 2.41. The molecule has 0 aliphatic heterocycles. The fourth-order valence-electron chi connectivity index (χ4n) is 1.32. The smallest absolute Gasteiger partial charge is 0.550 e. The zero-order chi connectivity index (χ0) is 14.8. The third kappa shape index (κ3) is 13.2. The van der Waals surface area contributed by atoms with Crippen LogP contribution >= 0.6 is 0 Å². The van der Waals surface area contributed by atoms with E-state index in [1.165, 1.54) is 0 Å². The first-order chi connectivity index (χ1) is 9.58. The molecule has 0 N–H and O–H groups in total. The summed E-state index contributed by atoms with van der Waals surface area (Å²) >= 11 is 0. The van der Waals surface area contributed by atoms with Crippen molar-refractivity contribution in [2.24, 2.45) is 9.98 Å². The van der Waals surface area contributed by atoms with Crippen molar-refractivity contribution in [1.82, 2.24) is 0 Å². The molecule has 0 fully saturated rings. The van der Waals surface area contributed by atoms with E-state index in [2.05, 4.69) is 9.98 Å². The van der Waals surface area contributed by atoms with Crippen LogP contribution in [0.2, 0.25) is 0 Å². The Hall–Kier alpha value is 0.773. The minimum Gasteiger partial charge on any atom is -0.550 e. The van der Waals surface area contributed by atoms with Gasteiger partial charge in [-0.2, -0.15) is 0 Å². The van der Waals surface area contributed by atoms with Crippen LogP contribution in [0.25, 0.3) is 0 Å². The molecule has 0 spiro atoms. The molecule has 0 aliphatic carbocycles. The van der Waals surface area contributed by atoms with E-state index >= 15 is 0 Å². The summed E-state index contributed by atoms with van der Waals surface area (Å²) in [5.41, 5.74) is 1.69. The van der Waals surface area contributed by atoms with Gasteiger partial charge in [0.1, 0.15) is 0 Å². The van der Waals surface area contributed by atoms with E-state index in [9.17, 15) is 19.8 Å². The normalized spacial score (nSPS) is 10.2. The van der Waals surface area contributed by atoms with E-state index in [4.69, 9.17) is 0 Å². The summed E-state index contributed by atoms with van der Waals surface area (Å²) < 4.78 is 0. The van der Waals surface area contributed by atoms with Crippen molar-refractivity contribution in [3.63, 3.8) is 0 Å². The molecular weight excluding hydrogens is 338 g/mol. The molecule has 0 saturated heterocycles. The van der Waals surface area contributed by atoms with E-state index in [0.29, 0.717) is 0 Å². The Balaban J connectivity index is 0. The molecule has 0 amide bonds. The van der Waals surface area contributed by atoms with Gasteiger partial charge in [-0.05, 0) is 11.1 Å². The van der Waals surface area contributed by atoms with Crippen molar-refractivity contribution in [2.45, 2.75) is 12.8 Å². The maximum absolute atomic E-state index is 10.2. The van der Waals surface area contributed by atoms with E-state index in [0.717, 1.165) is 11.1 Å². The summed E-state index contributed by atoms with van der Waals surface area (Å²) in [5.74, 6) is -2.24. The second-order valence-electron chi connectivity index (χ2n) is 3.98. The van der Waals surface area contributed by atoms with Gasteiger partial charge in [0.05, 0.1) is 0 Å². The van der Waals surface area contributed by atoms with Gasteiger partial charge in [-0.1, -0.05) is 24.3 Å². The first kappa shape index (κ1) is 25.0. The number of carbonyl (C=O) groups excluding carboxylic acids is 2. The minimum absolute atomic E-state index is 0. The number of carbonyl (C=O) groups is 2. The molecular formula is C14H14K2N2O4. The SMILES string of the molecule is O=C([O-])CCN=Cc1ccc(C=NCCC(=O)[O-])cc1.[K+].[K+]. The largest absolute Gasteiger partial charge is 1.00 e. The third-order valence-corrected chi connectivity index (χ3v) is 2.31. The monoisotopic (exact) mass is 352 g/mol. The Morgan fingerprint density at radius 1 is 0.818 bits per heavy atom. The molecule has 0 aromatic heterocycles. The predicted octanol–water partition coefficient (Wildman–Crippen LogP) is -7.19. The fourth-order valence-corrected chi connectivity index (χ4v) is 1.32. The van der Waals surface area contributed by atoms with Crippen molar-refractivity contribution < 1.29 is 123 Å². The molecule has 1 aromatic carbocycles. The molecule has 106 valence electrons. The number of nitrogens with zero attached hydrogens (tertiary/aromatic N) is 2. The molecule has 22 heavy (non-hydrogen) atoms. The van der Waals surface area contributed by atoms with E-state index < -0.39 is 11.9 Å². The molecule has 0 aliphatic rings. The predicted molar refractivity (Wildman–Crippen MR) is 70.6 cm³/mol. The van der Waals surface area contributed by atoms with Gasteiger partial charge in [-0.15, -0.1) is 0 Å². The van der Waals surface area contributed by atoms with E-state index in [1.54, 1.807) is 12.4 Å². The van der Waals surface area contributed by atoms with Gasteiger partial charge in [0.15, 0.2) is 0 Å². The summed E-state index contributed by atoms with van der Waals surface area (Å²) in [4.78, 5) is 28.3. The molecule has 0 heterocycles. The summed E-state index contributed by atoms with van der Waals surface area (Å²) in [6.45, 7) is 0.379. The average molecular weight is 352 g/mol. The number of hydrogen-bond acceptors (Lipinski definition) is 6. The Morgan fingerprint density at radius 2 is 1.14 bits per heavy atom. The van der Waals surface area contributed by atoms with Crippen molar-refractivity contribution in [3.05, 3.63) is 35.4 Å². The maximum Gasteiger partial charge on any atom is 1.00 e. The maximum atomic E-state index is 10.2. The first-order valence-corrected chi connectivity index (χ1v) is 6.07. The van der Waals surface area contributed by atoms with E-state index in [-0.39, 0.29) is 129 Å². The number of carboxylic acid groups (broad SMARTS) is 2. The Morgan fingerprint density at radius 3 is 1.41 bits per heavy atom. The van der Waals surface area contributed by atoms with Crippen LogP contribution in [0.15, 0.2) is 34.3 Å². The van der Waals surface area contributed by atoms with Crippen LogP contribution in [-0.4, -0.2) is 37.5 Å². The summed E-state index contributed by atoms with van der Waals surface area (Å²) in [5, 5.41) is 20.4. The van der Waals surface area contributed by atoms with Gasteiger partial charge in [0.25, 0.3) is 0 Å². The summed E-state index contributed by atoms with van der Waals surface area (Å²) in [6.07, 6.45) is 2.97. The Labute approximate surface area is 214 Å². The van der Waals surface area contributed by atoms with Crippen LogP contribution in [-0.2, 0) is 9.59 Å². The number of rotatable bonds is 8. The molecule has 1 rings (SSSR count). The van der Waals surface area contributed by atoms with Crippen molar-refractivity contribution >= 4 is 24.4 Å². The van der Waals surface area contributed by atoms with Crippen molar-refractivity contribution in [3.8, 4) is 0 Å². The van der Waals surface area contributed by atoms with Gasteiger partial charge in [-0.25, -0.2) is 0 Å². The fraction of sp³-hybridized carbons (Fsp3) is 0.286. The van der Waals surface area contributed by atoms with Crippen LogP contribution in [0.1, 0.15) is 24.0 Å². The molecule has 0 atom stereocenters. The van der Waals surface area contributed by atoms with Crippen LogP contribution in [0.4, 0.5) is 0 Å². The van der Waals surface area contributed by atoms with Crippen LogP contribution in [0.3, 0.4) is 0 Å². The minimum atomic E-state index is -1.12. The van der Waals surface area contributed by atoms with Gasteiger partial charge in [-0.3, -0.25) is 9.98 Å². The molecule has 0 saturated carbocycles. The third-order valence-electron chi connectivity index (χ3n) is 2.31. The second kappa shape index (κ2) is 15.3.